The van der Waals surface area contributed by atoms with Gasteiger partial charge >= 0.3 is 0 Å². The lowest BCUT2D eigenvalue weighted by Gasteiger charge is -2.02. The Hall–Kier alpha value is -2.71. The first kappa shape index (κ1) is 17.7. The number of hydrogen-bond acceptors (Lipinski definition) is 6. The number of aromatic nitrogens is 3. The summed E-state index contributed by atoms with van der Waals surface area (Å²) >= 11 is 1.60. The molecule has 0 spiro atoms. The van der Waals surface area contributed by atoms with Crippen LogP contribution in [0, 0.1) is 0 Å². The van der Waals surface area contributed by atoms with Gasteiger partial charge in [0.2, 0.25) is 0 Å². The Morgan fingerprint density at radius 3 is 2.63 bits per heavy atom. The summed E-state index contributed by atoms with van der Waals surface area (Å²) in [4.78, 5) is 13.1. The molecule has 1 unspecified atom stereocenters. The molecule has 3 aromatic heterocycles. The standard InChI is InChI=1S/C19H17N3O3S2/c1-24-14-5-3-12(4-6-14)18-17-16(10-26-18)21-19(22-17)27(23)11-13-9-15(25-2)7-8-20-13/h3-10H,11H2,1-2H3,(H,21,22). The molecule has 0 saturated heterocycles. The van der Waals surface area contributed by atoms with Crippen LogP contribution in [0.5, 0.6) is 11.5 Å². The highest BCUT2D eigenvalue weighted by molar-refractivity contribution is 7.84. The van der Waals surface area contributed by atoms with Gasteiger partial charge in [-0.2, -0.15) is 0 Å². The summed E-state index contributed by atoms with van der Waals surface area (Å²) in [5.41, 5.74) is 3.45. The number of nitrogens with one attached hydrogen (secondary N) is 1. The number of H-pyrrole nitrogens is 1. The van der Waals surface area contributed by atoms with Crippen molar-refractivity contribution < 1.29 is 13.7 Å². The number of fused-ring (bicyclic) bond motifs is 1. The molecular weight excluding hydrogens is 382 g/mol. The fraction of sp³-hybridized carbons (Fsp3) is 0.158. The molecule has 1 N–H and O–H groups in total. The van der Waals surface area contributed by atoms with E-state index in [0.29, 0.717) is 16.6 Å². The predicted molar refractivity (Wildman–Crippen MR) is 107 cm³/mol. The van der Waals surface area contributed by atoms with E-state index in [1.54, 1.807) is 43.9 Å². The van der Waals surface area contributed by atoms with Crippen molar-refractivity contribution in [1.29, 1.82) is 0 Å². The van der Waals surface area contributed by atoms with Crippen LogP contribution in [-0.2, 0) is 16.6 Å². The minimum Gasteiger partial charge on any atom is -0.497 e. The SMILES string of the molecule is COc1ccc(-c2scc3[nH]c(S(=O)Cc4cc(OC)ccn4)nc23)cc1. The normalized spacial score (nSPS) is 12.2. The number of rotatable bonds is 6. The number of methoxy groups -OCH3 is 2. The first-order chi connectivity index (χ1) is 13.2. The smallest absolute Gasteiger partial charge is 0.197 e. The number of thiophene rings is 1. The van der Waals surface area contributed by atoms with Crippen LogP contribution in [-0.4, -0.2) is 33.4 Å². The molecule has 0 aliphatic heterocycles. The van der Waals surface area contributed by atoms with E-state index in [1.165, 1.54) is 0 Å². The molecule has 0 aliphatic rings. The third kappa shape index (κ3) is 3.58. The van der Waals surface area contributed by atoms with Gasteiger partial charge in [-0.3, -0.25) is 9.19 Å². The second-order valence-electron chi connectivity index (χ2n) is 5.77. The lowest BCUT2D eigenvalue weighted by atomic mass is 10.2. The topological polar surface area (TPSA) is 77.1 Å². The summed E-state index contributed by atoms with van der Waals surface area (Å²) in [7, 11) is 1.91. The minimum atomic E-state index is -1.33. The first-order valence-corrected chi connectivity index (χ1v) is 10.4. The van der Waals surface area contributed by atoms with Gasteiger partial charge in [-0.1, -0.05) is 0 Å². The van der Waals surface area contributed by atoms with Crippen molar-refractivity contribution in [2.45, 2.75) is 10.9 Å². The molecule has 138 valence electrons. The fourth-order valence-electron chi connectivity index (χ4n) is 2.72. The summed E-state index contributed by atoms with van der Waals surface area (Å²) in [6.45, 7) is 0. The van der Waals surface area contributed by atoms with Crippen LogP contribution in [0.25, 0.3) is 21.5 Å². The van der Waals surface area contributed by atoms with E-state index >= 15 is 0 Å². The van der Waals surface area contributed by atoms with Crippen molar-refractivity contribution in [3.8, 4) is 21.9 Å². The number of aromatic amines is 1. The molecule has 27 heavy (non-hydrogen) atoms. The number of imidazole rings is 1. The highest BCUT2D eigenvalue weighted by atomic mass is 32.2. The van der Waals surface area contributed by atoms with Crippen molar-refractivity contribution in [3.05, 3.63) is 53.7 Å². The van der Waals surface area contributed by atoms with Crippen LogP contribution >= 0.6 is 11.3 Å². The number of pyridine rings is 1. The van der Waals surface area contributed by atoms with Crippen LogP contribution < -0.4 is 9.47 Å². The Morgan fingerprint density at radius 1 is 1.11 bits per heavy atom. The molecule has 1 aromatic carbocycles. The Balaban J connectivity index is 1.61. The molecule has 0 aliphatic carbocycles. The van der Waals surface area contributed by atoms with Gasteiger partial charge in [0.05, 0.1) is 46.9 Å². The molecule has 3 heterocycles. The van der Waals surface area contributed by atoms with E-state index in [-0.39, 0.29) is 5.75 Å². The number of nitrogens with zero attached hydrogens (tertiary/aromatic N) is 2. The summed E-state index contributed by atoms with van der Waals surface area (Å²) in [5, 5.41) is 2.44. The van der Waals surface area contributed by atoms with Gasteiger partial charge in [0.25, 0.3) is 0 Å². The highest BCUT2D eigenvalue weighted by Gasteiger charge is 2.16. The van der Waals surface area contributed by atoms with Crippen molar-refractivity contribution in [2.24, 2.45) is 0 Å². The molecule has 4 aromatic rings. The largest absolute Gasteiger partial charge is 0.497 e. The van der Waals surface area contributed by atoms with Crippen LogP contribution in [0.4, 0.5) is 0 Å². The van der Waals surface area contributed by atoms with E-state index in [1.807, 2.05) is 29.6 Å². The van der Waals surface area contributed by atoms with Crippen molar-refractivity contribution in [1.82, 2.24) is 15.0 Å². The molecule has 1 atom stereocenters. The summed E-state index contributed by atoms with van der Waals surface area (Å²) in [6.07, 6.45) is 1.65. The quantitative estimate of drug-likeness (QED) is 0.530. The average molecular weight is 399 g/mol. The van der Waals surface area contributed by atoms with E-state index in [0.717, 1.165) is 27.2 Å². The van der Waals surface area contributed by atoms with Gasteiger partial charge in [0.15, 0.2) is 5.16 Å². The van der Waals surface area contributed by atoms with E-state index < -0.39 is 10.8 Å². The average Bonchev–Trinajstić information content (AvgIpc) is 3.29. The maximum atomic E-state index is 12.7. The van der Waals surface area contributed by atoms with Gasteiger partial charge in [0.1, 0.15) is 17.0 Å². The maximum Gasteiger partial charge on any atom is 0.197 e. The van der Waals surface area contributed by atoms with Crippen molar-refractivity contribution in [2.75, 3.05) is 14.2 Å². The molecule has 0 saturated carbocycles. The van der Waals surface area contributed by atoms with Crippen molar-refractivity contribution >= 4 is 33.2 Å². The Labute approximate surface area is 162 Å². The van der Waals surface area contributed by atoms with Gasteiger partial charge in [0, 0.05) is 17.6 Å². The van der Waals surface area contributed by atoms with Gasteiger partial charge in [-0.15, -0.1) is 11.3 Å². The number of benzene rings is 1. The van der Waals surface area contributed by atoms with Crippen molar-refractivity contribution in [3.63, 3.8) is 0 Å². The lowest BCUT2D eigenvalue weighted by Crippen LogP contribution is -2.01. The Bertz CT molecular complexity index is 1100. The first-order valence-electron chi connectivity index (χ1n) is 8.17. The second-order valence-corrected chi connectivity index (χ2v) is 8.02. The van der Waals surface area contributed by atoms with Crippen LogP contribution in [0.2, 0.25) is 0 Å². The monoisotopic (exact) mass is 399 g/mol. The van der Waals surface area contributed by atoms with E-state index in [4.69, 9.17) is 9.47 Å². The van der Waals surface area contributed by atoms with Gasteiger partial charge < -0.3 is 14.5 Å². The molecule has 0 fully saturated rings. The second kappa shape index (κ2) is 7.50. The fourth-order valence-corrected chi connectivity index (χ4v) is 4.64. The number of hydrogen-bond donors (Lipinski definition) is 1. The molecule has 0 bridgehead atoms. The molecule has 0 amide bonds. The minimum absolute atomic E-state index is 0.272. The zero-order valence-electron chi connectivity index (χ0n) is 14.8. The molecule has 0 radical (unpaired) electrons. The van der Waals surface area contributed by atoms with E-state index in [2.05, 4.69) is 15.0 Å². The molecular formula is C19H17N3O3S2. The summed E-state index contributed by atoms with van der Waals surface area (Å²) in [5.74, 6) is 1.77. The summed E-state index contributed by atoms with van der Waals surface area (Å²) < 4.78 is 23.1. The third-order valence-electron chi connectivity index (χ3n) is 4.09. The summed E-state index contributed by atoms with van der Waals surface area (Å²) in [6, 6.07) is 11.4. The van der Waals surface area contributed by atoms with Crippen LogP contribution in [0.1, 0.15) is 5.69 Å². The van der Waals surface area contributed by atoms with Crippen LogP contribution in [0.3, 0.4) is 0 Å². The Kier molecular flexibility index (Phi) is 4.91. The van der Waals surface area contributed by atoms with Crippen LogP contribution in [0.15, 0.2) is 53.1 Å². The molecule has 6 nitrogen and oxygen atoms in total. The zero-order chi connectivity index (χ0) is 18.8. The maximum absolute atomic E-state index is 12.7. The zero-order valence-corrected chi connectivity index (χ0v) is 16.4. The van der Waals surface area contributed by atoms with Gasteiger partial charge in [-0.05, 0) is 35.9 Å². The van der Waals surface area contributed by atoms with Gasteiger partial charge in [-0.25, -0.2) is 4.98 Å². The number of ether oxygens (including phenoxy) is 2. The Morgan fingerprint density at radius 2 is 1.89 bits per heavy atom. The molecule has 4 rings (SSSR count). The highest BCUT2D eigenvalue weighted by Crippen LogP contribution is 2.35. The predicted octanol–water partition coefficient (Wildman–Crippen LogP) is 4.01. The third-order valence-corrected chi connectivity index (χ3v) is 6.29. The lowest BCUT2D eigenvalue weighted by molar-refractivity contribution is 0.413. The molecule has 8 heteroatoms. The van der Waals surface area contributed by atoms with E-state index in [9.17, 15) is 4.21 Å².